The average Bonchev–Trinajstić information content (AvgIpc) is 2.94. The molecule has 0 N–H and O–H groups in total. The van der Waals surface area contributed by atoms with Crippen LogP contribution in [0.5, 0.6) is 5.75 Å². The van der Waals surface area contributed by atoms with E-state index in [9.17, 15) is 9.59 Å². The first-order chi connectivity index (χ1) is 18.5. The zero-order valence-electron chi connectivity index (χ0n) is 22.0. The molecule has 6 nitrogen and oxygen atoms in total. The van der Waals surface area contributed by atoms with Crippen molar-refractivity contribution in [2.45, 2.75) is 25.9 Å². The minimum absolute atomic E-state index is 0.0172. The third kappa shape index (κ3) is 7.43. The van der Waals surface area contributed by atoms with Crippen LogP contribution in [0.4, 0.5) is 0 Å². The van der Waals surface area contributed by atoms with E-state index in [0.29, 0.717) is 32.0 Å². The Balaban J connectivity index is 1.44. The van der Waals surface area contributed by atoms with Crippen molar-refractivity contribution in [3.05, 3.63) is 136 Å². The fraction of sp³-hybridized carbons (Fsp3) is 0.250. The van der Waals surface area contributed by atoms with Gasteiger partial charge in [0.1, 0.15) is 5.75 Å². The summed E-state index contributed by atoms with van der Waals surface area (Å²) >= 11 is 0. The van der Waals surface area contributed by atoms with Crippen LogP contribution in [0.15, 0.2) is 108 Å². The molecule has 1 aromatic heterocycles. The van der Waals surface area contributed by atoms with Crippen LogP contribution in [0.25, 0.3) is 0 Å². The molecule has 0 bridgehead atoms. The molecule has 0 aliphatic rings. The lowest BCUT2D eigenvalue weighted by molar-refractivity contribution is -0.145. The van der Waals surface area contributed by atoms with Crippen LogP contribution in [0.1, 0.15) is 35.1 Å². The summed E-state index contributed by atoms with van der Waals surface area (Å²) in [5.41, 5.74) is 4.49. The van der Waals surface area contributed by atoms with Gasteiger partial charge in [0.25, 0.3) is 5.56 Å². The molecule has 0 spiro atoms. The van der Waals surface area contributed by atoms with Crippen molar-refractivity contribution in [3.63, 3.8) is 0 Å². The molecule has 0 fully saturated rings. The summed E-state index contributed by atoms with van der Waals surface area (Å²) < 4.78 is 12.3. The number of hydrogen-bond acceptors (Lipinski definition) is 5. The molecule has 1 heterocycles. The first-order valence-electron chi connectivity index (χ1n) is 12.9. The molecule has 3 aromatic carbocycles. The fourth-order valence-electron chi connectivity index (χ4n) is 4.51. The number of aromatic nitrogens is 1. The smallest absolute Gasteiger partial charge is 0.344 e. The number of nitrogens with zero attached hydrogens (tertiary/aromatic N) is 2. The van der Waals surface area contributed by atoms with Gasteiger partial charge in [-0.15, -0.1) is 0 Å². The Morgan fingerprint density at radius 1 is 0.868 bits per heavy atom. The lowest BCUT2D eigenvalue weighted by atomic mass is 9.86. The van der Waals surface area contributed by atoms with E-state index in [2.05, 4.69) is 29.2 Å². The Kier molecular flexibility index (Phi) is 9.48. The first-order valence-corrected chi connectivity index (χ1v) is 12.9. The minimum atomic E-state index is -0.385. The number of carbonyl (C=O) groups excluding carboxylic acids is 1. The van der Waals surface area contributed by atoms with Crippen LogP contribution in [-0.2, 0) is 22.6 Å². The summed E-state index contributed by atoms with van der Waals surface area (Å²) in [5.74, 6) is 0.282. The van der Waals surface area contributed by atoms with Gasteiger partial charge in [0.05, 0.1) is 6.61 Å². The summed E-state index contributed by atoms with van der Waals surface area (Å²) in [6, 6.07) is 32.0. The molecule has 4 aromatic rings. The van der Waals surface area contributed by atoms with Crippen LogP contribution < -0.4 is 10.3 Å². The van der Waals surface area contributed by atoms with Gasteiger partial charge in [-0.05, 0) is 48.4 Å². The molecular weight excluding hydrogens is 476 g/mol. The number of benzene rings is 3. The molecule has 38 heavy (non-hydrogen) atoms. The van der Waals surface area contributed by atoms with Crippen LogP contribution in [0.3, 0.4) is 0 Å². The lowest BCUT2D eigenvalue weighted by Gasteiger charge is -2.21. The summed E-state index contributed by atoms with van der Waals surface area (Å²) in [6.45, 7) is 3.93. The third-order valence-corrected chi connectivity index (χ3v) is 6.34. The molecule has 196 valence electrons. The van der Waals surface area contributed by atoms with Crippen molar-refractivity contribution < 1.29 is 14.3 Å². The highest BCUT2D eigenvalue weighted by Gasteiger charge is 2.17. The molecule has 0 saturated heterocycles. The molecule has 0 amide bonds. The van der Waals surface area contributed by atoms with E-state index in [0.717, 1.165) is 11.1 Å². The molecule has 4 rings (SSSR count). The highest BCUT2D eigenvalue weighted by atomic mass is 16.6. The Hall–Kier alpha value is -4.16. The molecule has 0 saturated carbocycles. The highest BCUT2D eigenvalue weighted by Crippen LogP contribution is 2.31. The summed E-state index contributed by atoms with van der Waals surface area (Å²) in [7, 11) is 2.03. The number of likely N-dealkylation sites (N-methyl/N-ethyl adjacent to an activating group) is 1. The molecule has 0 atom stereocenters. The fourth-order valence-corrected chi connectivity index (χ4v) is 4.51. The number of pyridine rings is 1. The maximum Gasteiger partial charge on any atom is 0.344 e. The van der Waals surface area contributed by atoms with Crippen LogP contribution in [0, 0.1) is 0 Å². The van der Waals surface area contributed by atoms with Gasteiger partial charge in [0.2, 0.25) is 0 Å². The number of esters is 1. The predicted molar refractivity (Wildman–Crippen MR) is 149 cm³/mol. The third-order valence-electron chi connectivity index (χ3n) is 6.34. The second-order valence-electron chi connectivity index (χ2n) is 9.23. The SMILES string of the molecule is CCOC(=O)COc1cccc(CN(C)CCn2cc(C(c3ccccc3)c3ccccc3)ccc2=O)c1. The topological polar surface area (TPSA) is 60.8 Å². The standard InChI is InChI=1S/C32H34N2O4/c1-3-37-31(36)24-38-29-16-10-11-25(21-29)22-33(2)19-20-34-23-28(17-18-30(34)35)32(26-12-6-4-7-13-26)27-14-8-5-9-15-27/h4-18,21,23,32H,3,19-20,22,24H2,1-2H3. The van der Waals surface area contributed by atoms with Gasteiger partial charge in [-0.3, -0.25) is 4.79 Å². The maximum atomic E-state index is 12.7. The Morgan fingerprint density at radius 2 is 1.55 bits per heavy atom. The number of ether oxygens (including phenoxy) is 2. The van der Waals surface area contributed by atoms with Gasteiger partial charge in [-0.25, -0.2) is 4.79 Å². The number of rotatable bonds is 12. The van der Waals surface area contributed by atoms with Crippen molar-refractivity contribution in [3.8, 4) is 5.75 Å². The second-order valence-corrected chi connectivity index (χ2v) is 9.23. The Morgan fingerprint density at radius 3 is 2.21 bits per heavy atom. The molecule has 0 radical (unpaired) electrons. The van der Waals surface area contributed by atoms with Gasteiger partial charge in [-0.2, -0.15) is 0 Å². The van der Waals surface area contributed by atoms with Gasteiger partial charge >= 0.3 is 5.97 Å². The Labute approximate surface area is 224 Å². The van der Waals surface area contributed by atoms with Crippen LogP contribution in [0.2, 0.25) is 0 Å². The van der Waals surface area contributed by atoms with E-state index in [1.165, 1.54) is 11.1 Å². The monoisotopic (exact) mass is 510 g/mol. The van der Waals surface area contributed by atoms with E-state index in [1.54, 1.807) is 17.6 Å². The van der Waals surface area contributed by atoms with Crippen molar-refractivity contribution in [2.24, 2.45) is 0 Å². The van der Waals surface area contributed by atoms with Crippen molar-refractivity contribution in [2.75, 3.05) is 26.8 Å². The van der Waals surface area contributed by atoms with Gasteiger partial charge in [0, 0.05) is 37.8 Å². The van der Waals surface area contributed by atoms with Crippen molar-refractivity contribution >= 4 is 5.97 Å². The van der Waals surface area contributed by atoms with E-state index < -0.39 is 0 Å². The van der Waals surface area contributed by atoms with Gasteiger partial charge in [0.15, 0.2) is 6.61 Å². The van der Waals surface area contributed by atoms with Crippen LogP contribution in [-0.4, -0.2) is 42.2 Å². The quantitative estimate of drug-likeness (QED) is 0.248. The largest absolute Gasteiger partial charge is 0.482 e. The zero-order valence-corrected chi connectivity index (χ0v) is 22.0. The molecule has 6 heteroatoms. The zero-order chi connectivity index (χ0) is 26.7. The normalized spacial score (nSPS) is 11.1. The van der Waals surface area contributed by atoms with E-state index >= 15 is 0 Å². The maximum absolute atomic E-state index is 12.7. The predicted octanol–water partition coefficient (Wildman–Crippen LogP) is 5.10. The molecule has 0 aliphatic carbocycles. The van der Waals surface area contributed by atoms with E-state index in [4.69, 9.17) is 9.47 Å². The van der Waals surface area contributed by atoms with Crippen LogP contribution >= 0.6 is 0 Å². The van der Waals surface area contributed by atoms with Gasteiger partial charge in [-0.1, -0.05) is 78.9 Å². The summed E-state index contributed by atoms with van der Waals surface area (Å²) in [4.78, 5) is 26.5. The molecule has 0 aliphatic heterocycles. The van der Waals surface area contributed by atoms with Gasteiger partial charge < -0.3 is 18.9 Å². The lowest BCUT2D eigenvalue weighted by Crippen LogP contribution is -2.28. The Bertz CT molecular complexity index is 1330. The average molecular weight is 511 g/mol. The van der Waals surface area contributed by atoms with Crippen molar-refractivity contribution in [1.82, 2.24) is 9.47 Å². The summed E-state index contributed by atoms with van der Waals surface area (Å²) in [5, 5.41) is 0. The first kappa shape index (κ1) is 26.9. The minimum Gasteiger partial charge on any atom is -0.482 e. The van der Waals surface area contributed by atoms with Crippen molar-refractivity contribution in [1.29, 1.82) is 0 Å². The van der Waals surface area contributed by atoms with E-state index in [-0.39, 0.29) is 24.1 Å². The highest BCUT2D eigenvalue weighted by molar-refractivity contribution is 5.71. The molecular formula is C32H34N2O4. The number of carbonyl (C=O) groups is 1. The van der Waals surface area contributed by atoms with E-state index in [1.807, 2.05) is 80.0 Å². The molecule has 0 unspecified atom stereocenters. The second kappa shape index (κ2) is 13.4. The number of hydrogen-bond donors (Lipinski definition) is 0. The summed E-state index contributed by atoms with van der Waals surface area (Å²) in [6.07, 6.45) is 1.99.